The van der Waals surface area contributed by atoms with Gasteiger partial charge in [0.1, 0.15) is 6.67 Å². The van der Waals surface area contributed by atoms with Gasteiger partial charge in [-0.2, -0.15) is 5.11 Å². The summed E-state index contributed by atoms with van der Waals surface area (Å²) in [5.74, 6) is 0. The maximum Gasteiger partial charge on any atom is 0.220 e. The Morgan fingerprint density at radius 1 is 1.86 bits per heavy atom. The molecule has 0 aromatic carbocycles. The van der Waals surface area contributed by atoms with Crippen LogP contribution in [0.5, 0.6) is 0 Å². The predicted molar refractivity (Wildman–Crippen MR) is 22.1 cm³/mol. The quantitative estimate of drug-likeness (QED) is 0.489. The molecule has 1 unspecified atom stereocenters. The van der Waals surface area contributed by atoms with Crippen LogP contribution in [-0.2, 0) is 9.84 Å². The number of halogens is 1. The molecule has 0 aromatic rings. The van der Waals surface area contributed by atoms with Gasteiger partial charge in [-0.3, -0.25) is 0 Å². The van der Waals surface area contributed by atoms with E-state index in [4.69, 9.17) is 0 Å². The number of ether oxygens (including phenoxy) is 1. The second kappa shape index (κ2) is 4.02. The summed E-state index contributed by atoms with van der Waals surface area (Å²) in [6, 6.07) is 0. The fourth-order valence-electron chi connectivity index (χ4n) is 0.230. The fraction of sp³-hybridized carbons (Fsp3) is 1.00. The van der Waals surface area contributed by atoms with Crippen LogP contribution >= 0.6 is 0 Å². The van der Waals surface area contributed by atoms with E-state index in [-0.39, 0.29) is 6.61 Å². The van der Waals surface area contributed by atoms with E-state index in [0.29, 0.717) is 0 Å². The molecule has 2 nitrogen and oxygen atoms in total. The first kappa shape index (κ1) is 6.85. The number of alkyl halides is 1. The summed E-state index contributed by atoms with van der Waals surface area (Å²) < 4.78 is 15.4. The topological polar surface area (TPSA) is 29.1 Å². The van der Waals surface area contributed by atoms with Gasteiger partial charge in [-0.15, -0.1) is 0 Å². The summed E-state index contributed by atoms with van der Waals surface area (Å²) in [5, 5.41) is 9.90. The largest absolute Gasteiger partial charge is 0.348 e. The molecule has 3 heteroatoms. The molecule has 7 heavy (non-hydrogen) atoms. The lowest BCUT2D eigenvalue weighted by atomic mass is 10.7. The SMILES string of the molecule is CCOC([O])CF. The minimum Gasteiger partial charge on any atom is -0.348 e. The van der Waals surface area contributed by atoms with Gasteiger partial charge in [0.05, 0.1) is 0 Å². The van der Waals surface area contributed by atoms with Crippen molar-refractivity contribution in [1.82, 2.24) is 0 Å². The van der Waals surface area contributed by atoms with Crippen LogP contribution in [0.25, 0.3) is 0 Å². The second-order valence-electron chi connectivity index (χ2n) is 1.04. The van der Waals surface area contributed by atoms with Gasteiger partial charge in [0.15, 0.2) is 0 Å². The Balaban J connectivity index is 2.83. The molecule has 0 fully saturated rings. The summed E-state index contributed by atoms with van der Waals surface area (Å²) in [4.78, 5) is 0. The molecule has 0 spiro atoms. The lowest BCUT2D eigenvalue weighted by Crippen LogP contribution is -2.11. The highest BCUT2D eigenvalue weighted by atomic mass is 19.1. The van der Waals surface area contributed by atoms with Crippen molar-refractivity contribution in [2.24, 2.45) is 0 Å². The van der Waals surface area contributed by atoms with E-state index in [1.165, 1.54) is 0 Å². The third-order valence-electron chi connectivity index (χ3n) is 0.479. The van der Waals surface area contributed by atoms with Crippen molar-refractivity contribution in [3.63, 3.8) is 0 Å². The van der Waals surface area contributed by atoms with Gasteiger partial charge in [-0.1, -0.05) is 0 Å². The first-order valence-corrected chi connectivity index (χ1v) is 2.14. The van der Waals surface area contributed by atoms with Crippen molar-refractivity contribution in [3.8, 4) is 0 Å². The standard InChI is InChI=1S/C4H8FO2/c1-2-7-4(6)3-5/h4H,2-3H2,1H3. The Kier molecular flexibility index (Phi) is 3.93. The molecule has 43 valence electrons. The number of hydrogen-bond acceptors (Lipinski definition) is 1. The van der Waals surface area contributed by atoms with E-state index < -0.39 is 13.0 Å². The Hall–Kier alpha value is -0.150. The van der Waals surface area contributed by atoms with E-state index in [1.807, 2.05) is 0 Å². The Morgan fingerprint density at radius 3 is 2.57 bits per heavy atom. The van der Waals surface area contributed by atoms with Crippen LogP contribution in [0.4, 0.5) is 4.39 Å². The summed E-state index contributed by atoms with van der Waals surface area (Å²) in [7, 11) is 0. The molecule has 0 aromatic heterocycles. The van der Waals surface area contributed by atoms with E-state index in [2.05, 4.69) is 4.74 Å². The minimum absolute atomic E-state index is 0.290. The fourth-order valence-corrected chi connectivity index (χ4v) is 0.230. The number of rotatable bonds is 3. The van der Waals surface area contributed by atoms with Gasteiger partial charge in [0.2, 0.25) is 6.29 Å². The van der Waals surface area contributed by atoms with Crippen LogP contribution in [0.3, 0.4) is 0 Å². The second-order valence-corrected chi connectivity index (χ2v) is 1.04. The highest BCUT2D eigenvalue weighted by molar-refractivity contribution is 4.29. The Bertz CT molecular complexity index is 40.7. The molecule has 0 aliphatic rings. The lowest BCUT2D eigenvalue weighted by Gasteiger charge is -1.99. The Morgan fingerprint density at radius 2 is 2.43 bits per heavy atom. The summed E-state index contributed by atoms with van der Waals surface area (Å²) in [6.45, 7) is 1.01. The van der Waals surface area contributed by atoms with E-state index in [0.717, 1.165) is 0 Å². The molecule has 0 saturated carbocycles. The first-order chi connectivity index (χ1) is 3.31. The van der Waals surface area contributed by atoms with Gasteiger partial charge in [0, 0.05) is 6.61 Å². The summed E-state index contributed by atoms with van der Waals surface area (Å²) in [5.41, 5.74) is 0. The molecule has 1 radical (unpaired) electrons. The van der Waals surface area contributed by atoms with Crippen LogP contribution < -0.4 is 0 Å². The highest BCUT2D eigenvalue weighted by Crippen LogP contribution is 1.85. The van der Waals surface area contributed by atoms with Crippen molar-refractivity contribution >= 4 is 0 Å². The first-order valence-electron chi connectivity index (χ1n) is 2.14. The van der Waals surface area contributed by atoms with Gasteiger partial charge in [-0.05, 0) is 6.92 Å². The van der Waals surface area contributed by atoms with E-state index >= 15 is 0 Å². The van der Waals surface area contributed by atoms with Crippen molar-refractivity contribution in [3.05, 3.63) is 0 Å². The van der Waals surface area contributed by atoms with Crippen LogP contribution in [-0.4, -0.2) is 19.6 Å². The monoisotopic (exact) mass is 107 g/mol. The summed E-state index contributed by atoms with van der Waals surface area (Å²) in [6.07, 6.45) is -1.47. The molecule has 1 atom stereocenters. The molecule has 0 heterocycles. The zero-order valence-electron chi connectivity index (χ0n) is 4.19. The maximum absolute atomic E-state index is 11.1. The average Bonchev–Trinajstić information content (AvgIpc) is 1.68. The van der Waals surface area contributed by atoms with Crippen LogP contribution in [0.15, 0.2) is 0 Å². The Labute approximate surface area is 41.9 Å². The molecule has 0 saturated heterocycles. The highest BCUT2D eigenvalue weighted by Gasteiger charge is 2.00. The minimum atomic E-state index is -1.47. The third kappa shape index (κ3) is 3.69. The van der Waals surface area contributed by atoms with Crippen molar-refractivity contribution < 1.29 is 14.2 Å². The summed E-state index contributed by atoms with van der Waals surface area (Å²) >= 11 is 0. The molecule has 0 N–H and O–H groups in total. The molecule has 0 bridgehead atoms. The number of hydrogen-bond donors (Lipinski definition) is 0. The van der Waals surface area contributed by atoms with Gasteiger partial charge in [-0.25, -0.2) is 4.39 Å². The molecule has 0 amide bonds. The van der Waals surface area contributed by atoms with E-state index in [1.54, 1.807) is 6.92 Å². The normalized spacial score (nSPS) is 14.1. The molecule has 0 aliphatic heterocycles. The smallest absolute Gasteiger partial charge is 0.220 e. The van der Waals surface area contributed by atoms with Gasteiger partial charge >= 0.3 is 0 Å². The zero-order chi connectivity index (χ0) is 5.70. The van der Waals surface area contributed by atoms with Crippen molar-refractivity contribution in [1.29, 1.82) is 0 Å². The van der Waals surface area contributed by atoms with Crippen LogP contribution in [0.1, 0.15) is 6.92 Å². The van der Waals surface area contributed by atoms with E-state index in [9.17, 15) is 9.50 Å². The zero-order valence-corrected chi connectivity index (χ0v) is 4.19. The van der Waals surface area contributed by atoms with Gasteiger partial charge in [0.25, 0.3) is 0 Å². The molecular weight excluding hydrogens is 99.0 g/mol. The molecule has 0 rings (SSSR count). The predicted octanol–water partition coefficient (Wildman–Crippen LogP) is 0.749. The lowest BCUT2D eigenvalue weighted by molar-refractivity contribution is -0.145. The van der Waals surface area contributed by atoms with Crippen molar-refractivity contribution in [2.45, 2.75) is 13.2 Å². The van der Waals surface area contributed by atoms with Gasteiger partial charge < -0.3 is 4.74 Å². The maximum atomic E-state index is 11.1. The average molecular weight is 107 g/mol. The molecular formula is C4H8FO2. The van der Waals surface area contributed by atoms with Crippen LogP contribution in [0, 0.1) is 0 Å². The third-order valence-corrected chi connectivity index (χ3v) is 0.479. The molecule has 0 aliphatic carbocycles. The van der Waals surface area contributed by atoms with Crippen molar-refractivity contribution in [2.75, 3.05) is 13.3 Å². The van der Waals surface area contributed by atoms with Crippen LogP contribution in [0.2, 0.25) is 0 Å².